The van der Waals surface area contributed by atoms with E-state index in [4.69, 9.17) is 23.2 Å². The Labute approximate surface area is 90.2 Å². The highest BCUT2D eigenvalue weighted by atomic mass is 35.5. The molecule has 0 aliphatic rings. The summed E-state index contributed by atoms with van der Waals surface area (Å²) in [5, 5.41) is 2.21. The molecule has 1 aromatic heterocycles. The van der Waals surface area contributed by atoms with Gasteiger partial charge in [0.25, 0.3) is 0 Å². The number of halogens is 3. The highest BCUT2D eigenvalue weighted by molar-refractivity contribution is 6.34. The van der Waals surface area contributed by atoms with Gasteiger partial charge in [-0.3, -0.25) is 4.79 Å². The summed E-state index contributed by atoms with van der Waals surface area (Å²) in [6, 6.07) is 0.983. The van der Waals surface area contributed by atoms with Crippen molar-refractivity contribution in [2.45, 2.75) is 0 Å². The van der Waals surface area contributed by atoms with E-state index in [1.165, 1.54) is 0 Å². The maximum Gasteiger partial charge on any atom is 0.179 e. The minimum absolute atomic E-state index is 0.0305. The minimum Gasteiger partial charge on any atom is -0.313 e. The van der Waals surface area contributed by atoms with E-state index in [2.05, 4.69) is 10.3 Å². The van der Waals surface area contributed by atoms with Crippen molar-refractivity contribution in [3.05, 3.63) is 27.8 Å². The van der Waals surface area contributed by atoms with Gasteiger partial charge < -0.3 is 5.32 Å². The smallest absolute Gasteiger partial charge is 0.179 e. The van der Waals surface area contributed by atoms with Gasteiger partial charge >= 0.3 is 0 Å². The number of nitrogens with zero attached hydrogens (tertiary/aromatic N) is 1. The summed E-state index contributed by atoms with van der Waals surface area (Å²) in [5.74, 6) is -1.09. The lowest BCUT2D eigenvalue weighted by Crippen LogP contribution is -2.19. The van der Waals surface area contributed by atoms with Gasteiger partial charge in [-0.1, -0.05) is 23.2 Å². The number of pyridine rings is 1. The second kappa shape index (κ2) is 4.68. The van der Waals surface area contributed by atoms with Gasteiger partial charge in [0, 0.05) is 0 Å². The summed E-state index contributed by atoms with van der Waals surface area (Å²) >= 11 is 11.0. The van der Waals surface area contributed by atoms with Crippen LogP contribution in [0.4, 0.5) is 4.39 Å². The van der Waals surface area contributed by atoms with Crippen LogP contribution in [0.5, 0.6) is 0 Å². The van der Waals surface area contributed by atoms with Crippen molar-refractivity contribution < 1.29 is 9.18 Å². The van der Waals surface area contributed by atoms with E-state index < -0.39 is 5.82 Å². The van der Waals surface area contributed by atoms with Crippen molar-refractivity contribution in [2.24, 2.45) is 0 Å². The zero-order valence-corrected chi connectivity index (χ0v) is 8.79. The maximum absolute atomic E-state index is 12.9. The minimum atomic E-state index is -0.754. The third-order valence-corrected chi connectivity index (χ3v) is 2.08. The van der Waals surface area contributed by atoms with Crippen molar-refractivity contribution in [2.75, 3.05) is 13.6 Å². The molecule has 0 aliphatic carbocycles. The Kier molecular flexibility index (Phi) is 3.80. The lowest BCUT2D eigenvalue weighted by atomic mass is 10.2. The lowest BCUT2D eigenvalue weighted by Gasteiger charge is -2.03. The van der Waals surface area contributed by atoms with Crippen LogP contribution >= 0.6 is 23.2 Å². The van der Waals surface area contributed by atoms with Gasteiger partial charge in [-0.25, -0.2) is 9.37 Å². The number of aromatic nitrogens is 1. The molecule has 0 fully saturated rings. The molecule has 6 heteroatoms. The average Bonchev–Trinajstić information content (AvgIpc) is 2.11. The molecule has 0 aliphatic heterocycles. The van der Waals surface area contributed by atoms with Crippen molar-refractivity contribution in [3.8, 4) is 0 Å². The van der Waals surface area contributed by atoms with Gasteiger partial charge in [-0.05, 0) is 13.1 Å². The predicted molar refractivity (Wildman–Crippen MR) is 52.5 cm³/mol. The first-order valence-electron chi connectivity index (χ1n) is 3.75. The monoisotopic (exact) mass is 236 g/mol. The summed E-state index contributed by atoms with van der Waals surface area (Å²) in [4.78, 5) is 14.8. The normalized spacial score (nSPS) is 10.3. The van der Waals surface area contributed by atoms with Crippen LogP contribution in [-0.2, 0) is 0 Å². The quantitative estimate of drug-likeness (QED) is 0.645. The number of likely N-dealkylation sites (N-methyl/N-ethyl adjacent to an activating group) is 1. The molecule has 1 aromatic rings. The molecule has 1 rings (SSSR count). The molecule has 0 bridgehead atoms. The second-order valence-electron chi connectivity index (χ2n) is 2.55. The highest BCUT2D eigenvalue weighted by Crippen LogP contribution is 2.20. The first-order valence-corrected chi connectivity index (χ1v) is 4.51. The van der Waals surface area contributed by atoms with Crippen LogP contribution < -0.4 is 5.32 Å². The molecule has 0 radical (unpaired) electrons. The number of carbonyl (C=O) groups is 1. The number of rotatable bonds is 3. The van der Waals surface area contributed by atoms with Crippen molar-refractivity contribution in [1.29, 1.82) is 0 Å². The zero-order chi connectivity index (χ0) is 10.7. The van der Waals surface area contributed by atoms with E-state index in [0.717, 1.165) is 6.07 Å². The lowest BCUT2D eigenvalue weighted by molar-refractivity contribution is 0.0993. The topological polar surface area (TPSA) is 42.0 Å². The summed E-state index contributed by atoms with van der Waals surface area (Å²) in [6.45, 7) is 0.0719. The summed E-state index contributed by atoms with van der Waals surface area (Å²) in [5.41, 5.74) is 0.0305. The molecule has 14 heavy (non-hydrogen) atoms. The van der Waals surface area contributed by atoms with Crippen LogP contribution in [-0.4, -0.2) is 24.4 Å². The fraction of sp³-hybridized carbons (Fsp3) is 0.250. The fourth-order valence-corrected chi connectivity index (χ4v) is 1.32. The number of hydrogen-bond donors (Lipinski definition) is 1. The average molecular weight is 237 g/mol. The summed E-state index contributed by atoms with van der Waals surface area (Å²) in [7, 11) is 1.60. The number of Topliss-reactive ketones (excluding diaryl/α,β-unsaturated/α-hetero) is 1. The van der Waals surface area contributed by atoms with Crippen molar-refractivity contribution in [1.82, 2.24) is 10.3 Å². The summed E-state index contributed by atoms with van der Waals surface area (Å²) < 4.78 is 12.9. The molecular weight excluding hydrogens is 230 g/mol. The van der Waals surface area contributed by atoms with Crippen molar-refractivity contribution in [3.63, 3.8) is 0 Å². The van der Waals surface area contributed by atoms with Crippen molar-refractivity contribution >= 4 is 29.0 Å². The molecule has 0 unspecified atom stereocenters. The Morgan fingerprint density at radius 2 is 2.21 bits per heavy atom. The molecule has 0 saturated heterocycles. The maximum atomic E-state index is 12.9. The van der Waals surface area contributed by atoms with Crippen LogP contribution in [0.3, 0.4) is 0 Å². The van der Waals surface area contributed by atoms with E-state index in [-0.39, 0.29) is 28.2 Å². The Hall–Kier alpha value is -0.710. The Balaban J connectivity index is 3.09. The van der Waals surface area contributed by atoms with Crippen LogP contribution in [0.1, 0.15) is 10.4 Å². The van der Waals surface area contributed by atoms with Crippen LogP contribution in [0.25, 0.3) is 0 Å². The molecule has 1 N–H and O–H groups in total. The molecule has 0 spiro atoms. The highest BCUT2D eigenvalue weighted by Gasteiger charge is 2.14. The van der Waals surface area contributed by atoms with Gasteiger partial charge in [0.1, 0.15) is 5.15 Å². The first-order chi connectivity index (χ1) is 6.56. The van der Waals surface area contributed by atoms with Crippen LogP contribution in [0.2, 0.25) is 10.3 Å². The van der Waals surface area contributed by atoms with E-state index in [1.54, 1.807) is 7.05 Å². The third kappa shape index (κ3) is 2.41. The third-order valence-electron chi connectivity index (χ3n) is 1.52. The molecule has 0 saturated carbocycles. The molecular formula is C8H7Cl2FN2O. The SMILES string of the molecule is CNCC(=O)c1cc(F)c(Cl)nc1Cl. The Morgan fingerprint density at radius 3 is 2.79 bits per heavy atom. The molecule has 76 valence electrons. The largest absolute Gasteiger partial charge is 0.313 e. The molecule has 0 atom stereocenters. The Morgan fingerprint density at radius 1 is 1.57 bits per heavy atom. The van der Waals surface area contributed by atoms with Crippen LogP contribution in [0, 0.1) is 5.82 Å². The number of nitrogens with one attached hydrogen (secondary N) is 1. The van der Waals surface area contributed by atoms with Gasteiger partial charge in [0.15, 0.2) is 16.8 Å². The number of ketones is 1. The standard InChI is InChI=1S/C8H7Cl2FN2O/c1-12-3-6(14)4-2-5(11)8(10)13-7(4)9/h2,12H,3H2,1H3. The van der Waals surface area contributed by atoms with Crippen LogP contribution in [0.15, 0.2) is 6.07 Å². The van der Waals surface area contributed by atoms with E-state index in [9.17, 15) is 9.18 Å². The van der Waals surface area contributed by atoms with E-state index >= 15 is 0 Å². The van der Waals surface area contributed by atoms with Gasteiger partial charge in [0.05, 0.1) is 12.1 Å². The molecule has 0 aromatic carbocycles. The molecule has 0 amide bonds. The zero-order valence-electron chi connectivity index (χ0n) is 7.27. The number of carbonyl (C=O) groups excluding carboxylic acids is 1. The number of hydrogen-bond acceptors (Lipinski definition) is 3. The Bertz CT molecular complexity index is 371. The molecule has 1 heterocycles. The summed E-state index contributed by atoms with van der Waals surface area (Å²) in [6.07, 6.45) is 0. The fourth-order valence-electron chi connectivity index (χ4n) is 0.897. The van der Waals surface area contributed by atoms with Gasteiger partial charge in [-0.15, -0.1) is 0 Å². The van der Waals surface area contributed by atoms with E-state index in [0.29, 0.717) is 0 Å². The van der Waals surface area contributed by atoms with Gasteiger partial charge in [-0.2, -0.15) is 0 Å². The van der Waals surface area contributed by atoms with Gasteiger partial charge in [0.2, 0.25) is 0 Å². The predicted octanol–water partition coefficient (Wildman–Crippen LogP) is 1.93. The first kappa shape index (κ1) is 11.4. The van der Waals surface area contributed by atoms with E-state index in [1.807, 2.05) is 0 Å². The molecule has 3 nitrogen and oxygen atoms in total. The second-order valence-corrected chi connectivity index (χ2v) is 3.27.